The van der Waals surface area contributed by atoms with Crippen molar-refractivity contribution in [3.63, 3.8) is 0 Å². The summed E-state index contributed by atoms with van der Waals surface area (Å²) in [4.78, 5) is 10.7. The number of hydrogen-bond donors (Lipinski definition) is 2. The molecule has 0 spiro atoms. The molecule has 0 aromatic rings. The molecule has 2 nitrogen and oxygen atoms in total. The maximum absolute atomic E-state index is 10.7. The number of rotatable bonds is 4. The van der Waals surface area contributed by atoms with E-state index in [9.17, 15) is 4.79 Å². The van der Waals surface area contributed by atoms with E-state index in [2.05, 4.69) is 12.6 Å². The second-order valence-corrected chi connectivity index (χ2v) is 4.14. The summed E-state index contributed by atoms with van der Waals surface area (Å²) in [6.07, 6.45) is 1.20. The summed E-state index contributed by atoms with van der Waals surface area (Å²) in [6.45, 7) is 5.86. The molecule has 0 saturated heterocycles. The lowest BCUT2D eigenvalue weighted by molar-refractivity contribution is -0.140. The molecule has 3 heteroatoms. The maximum Gasteiger partial charge on any atom is 0.319 e. The second-order valence-electron chi connectivity index (χ2n) is 3.29. The van der Waals surface area contributed by atoms with Crippen LogP contribution in [0.3, 0.4) is 0 Å². The van der Waals surface area contributed by atoms with Crippen molar-refractivity contribution in [2.24, 2.45) is 5.92 Å². The Labute approximate surface area is 73.4 Å². The fourth-order valence-corrected chi connectivity index (χ4v) is 1.42. The Morgan fingerprint density at radius 1 is 1.64 bits per heavy atom. The van der Waals surface area contributed by atoms with Crippen molar-refractivity contribution in [1.29, 1.82) is 0 Å². The molecular formula is C8H16O2S. The fourth-order valence-electron chi connectivity index (χ4n) is 1.06. The average Bonchev–Trinajstić information content (AvgIpc) is 1.86. The van der Waals surface area contributed by atoms with Gasteiger partial charge in [-0.15, -0.1) is 0 Å². The Morgan fingerprint density at radius 3 is 2.18 bits per heavy atom. The third-order valence-corrected chi connectivity index (χ3v) is 2.42. The smallest absolute Gasteiger partial charge is 0.319 e. The molecule has 66 valence electrons. The monoisotopic (exact) mass is 176 g/mol. The van der Waals surface area contributed by atoms with E-state index >= 15 is 0 Å². The van der Waals surface area contributed by atoms with Crippen molar-refractivity contribution >= 4 is 18.6 Å². The lowest BCUT2D eigenvalue weighted by Gasteiger charge is -2.23. The van der Waals surface area contributed by atoms with Crippen molar-refractivity contribution in [3.05, 3.63) is 0 Å². The highest BCUT2D eigenvalue weighted by molar-refractivity contribution is 7.82. The third-order valence-electron chi connectivity index (χ3n) is 1.73. The largest absolute Gasteiger partial charge is 0.480 e. The molecule has 0 aliphatic carbocycles. The Bertz CT molecular complexity index is 145. The van der Waals surface area contributed by atoms with Crippen molar-refractivity contribution in [1.82, 2.24) is 0 Å². The quantitative estimate of drug-likeness (QED) is 0.644. The van der Waals surface area contributed by atoms with Gasteiger partial charge >= 0.3 is 5.97 Å². The maximum atomic E-state index is 10.7. The minimum absolute atomic E-state index is 0.378. The highest BCUT2D eigenvalue weighted by atomic mass is 32.1. The van der Waals surface area contributed by atoms with Crippen LogP contribution in [0.25, 0.3) is 0 Å². The molecule has 0 radical (unpaired) electrons. The molecule has 0 aromatic carbocycles. The normalized spacial score (nSPS) is 16.5. The second kappa shape index (κ2) is 4.00. The topological polar surface area (TPSA) is 37.3 Å². The summed E-state index contributed by atoms with van der Waals surface area (Å²) in [5, 5.41) is 8.80. The zero-order valence-corrected chi connectivity index (χ0v) is 8.19. The van der Waals surface area contributed by atoms with Crippen molar-refractivity contribution in [3.8, 4) is 0 Å². The number of carboxylic acid groups (broad SMARTS) is 1. The van der Waals surface area contributed by atoms with Gasteiger partial charge in [-0.05, 0) is 18.8 Å². The van der Waals surface area contributed by atoms with Gasteiger partial charge in [0.25, 0.3) is 0 Å². The van der Waals surface area contributed by atoms with Crippen molar-refractivity contribution in [2.45, 2.75) is 38.4 Å². The molecule has 1 N–H and O–H groups in total. The Kier molecular flexibility index (Phi) is 3.93. The van der Waals surface area contributed by atoms with Gasteiger partial charge in [-0.1, -0.05) is 20.8 Å². The summed E-state index contributed by atoms with van der Waals surface area (Å²) in [6, 6.07) is 0. The first-order valence-electron chi connectivity index (χ1n) is 3.88. The Morgan fingerprint density at radius 2 is 2.09 bits per heavy atom. The predicted molar refractivity (Wildman–Crippen MR) is 49.1 cm³/mol. The van der Waals surface area contributed by atoms with Gasteiger partial charge in [-0.3, -0.25) is 4.79 Å². The van der Waals surface area contributed by atoms with E-state index < -0.39 is 10.7 Å². The first-order valence-corrected chi connectivity index (χ1v) is 4.33. The van der Waals surface area contributed by atoms with Gasteiger partial charge in [-0.25, -0.2) is 0 Å². The lowest BCUT2D eigenvalue weighted by Crippen LogP contribution is -2.33. The van der Waals surface area contributed by atoms with E-state index in [-0.39, 0.29) is 0 Å². The number of thiol groups is 1. The van der Waals surface area contributed by atoms with E-state index in [1.807, 2.05) is 20.8 Å². The summed E-state index contributed by atoms with van der Waals surface area (Å²) >= 11 is 4.15. The van der Waals surface area contributed by atoms with E-state index in [1.54, 1.807) is 0 Å². The van der Waals surface area contributed by atoms with Crippen LogP contribution in [0, 0.1) is 5.92 Å². The summed E-state index contributed by atoms with van der Waals surface area (Å²) in [7, 11) is 0. The van der Waals surface area contributed by atoms with Gasteiger partial charge in [0, 0.05) is 0 Å². The Balaban J connectivity index is 4.22. The van der Waals surface area contributed by atoms with E-state index in [1.165, 1.54) is 0 Å². The van der Waals surface area contributed by atoms with E-state index in [4.69, 9.17) is 5.11 Å². The average molecular weight is 176 g/mol. The molecule has 1 atom stereocenters. The molecule has 1 unspecified atom stereocenters. The zero-order valence-electron chi connectivity index (χ0n) is 7.29. The minimum Gasteiger partial charge on any atom is -0.480 e. The van der Waals surface area contributed by atoms with Gasteiger partial charge in [0.15, 0.2) is 0 Å². The number of carboxylic acids is 1. The molecule has 0 aliphatic rings. The molecule has 0 aliphatic heterocycles. The van der Waals surface area contributed by atoms with Crippen LogP contribution in [0.4, 0.5) is 0 Å². The SMILES string of the molecule is CCC(S)(CC(C)C)C(=O)O. The molecule has 0 amide bonds. The molecule has 0 aromatic heterocycles. The van der Waals surface area contributed by atoms with Gasteiger partial charge in [0.05, 0.1) is 0 Å². The van der Waals surface area contributed by atoms with Crippen LogP contribution in [0.5, 0.6) is 0 Å². The van der Waals surface area contributed by atoms with Crippen LogP contribution < -0.4 is 0 Å². The van der Waals surface area contributed by atoms with Gasteiger partial charge in [0.1, 0.15) is 4.75 Å². The first-order chi connectivity index (χ1) is 4.92. The summed E-state index contributed by atoms with van der Waals surface area (Å²) in [5.74, 6) is -0.430. The molecule has 0 saturated carbocycles. The number of aliphatic carboxylic acids is 1. The Hall–Kier alpha value is -0.180. The van der Waals surface area contributed by atoms with Crippen molar-refractivity contribution in [2.75, 3.05) is 0 Å². The summed E-state index contributed by atoms with van der Waals surface area (Å²) < 4.78 is -0.825. The zero-order chi connectivity index (χ0) is 9.07. The molecular weight excluding hydrogens is 160 g/mol. The van der Waals surface area contributed by atoms with E-state index in [0.717, 1.165) is 0 Å². The first kappa shape index (κ1) is 10.8. The number of hydrogen-bond acceptors (Lipinski definition) is 2. The van der Waals surface area contributed by atoms with Crippen LogP contribution in [-0.2, 0) is 4.79 Å². The fraction of sp³-hybridized carbons (Fsp3) is 0.875. The third kappa shape index (κ3) is 3.14. The molecule has 0 fully saturated rings. The molecule has 11 heavy (non-hydrogen) atoms. The molecule has 0 rings (SSSR count). The highest BCUT2D eigenvalue weighted by Crippen LogP contribution is 2.27. The predicted octanol–water partition coefficient (Wildman–Crippen LogP) is 2.20. The molecule has 0 bridgehead atoms. The van der Waals surface area contributed by atoms with E-state index in [0.29, 0.717) is 18.8 Å². The van der Waals surface area contributed by atoms with Crippen LogP contribution in [0.1, 0.15) is 33.6 Å². The number of carbonyl (C=O) groups is 1. The van der Waals surface area contributed by atoms with Gasteiger partial charge in [0.2, 0.25) is 0 Å². The van der Waals surface area contributed by atoms with Crippen molar-refractivity contribution < 1.29 is 9.90 Å². The minimum atomic E-state index is -0.825. The van der Waals surface area contributed by atoms with Crippen LogP contribution in [0.2, 0.25) is 0 Å². The van der Waals surface area contributed by atoms with Crippen LogP contribution >= 0.6 is 12.6 Å². The van der Waals surface area contributed by atoms with Crippen LogP contribution in [-0.4, -0.2) is 15.8 Å². The lowest BCUT2D eigenvalue weighted by atomic mass is 9.94. The standard InChI is InChI=1S/C8H16O2S/c1-4-8(11,7(9)10)5-6(2)3/h6,11H,4-5H2,1-3H3,(H,9,10). The van der Waals surface area contributed by atoms with Crippen LogP contribution in [0.15, 0.2) is 0 Å². The highest BCUT2D eigenvalue weighted by Gasteiger charge is 2.32. The van der Waals surface area contributed by atoms with Gasteiger partial charge in [-0.2, -0.15) is 12.6 Å². The van der Waals surface area contributed by atoms with Gasteiger partial charge < -0.3 is 5.11 Å². The summed E-state index contributed by atoms with van der Waals surface area (Å²) in [5.41, 5.74) is 0. The molecule has 0 heterocycles.